The van der Waals surface area contributed by atoms with E-state index < -0.39 is 42.0 Å². The molecule has 0 bridgehead atoms. The first-order chi connectivity index (χ1) is 17.7. The van der Waals surface area contributed by atoms with Crippen LogP contribution in [0.25, 0.3) is 0 Å². The second kappa shape index (κ2) is 9.47. The first-order valence-corrected chi connectivity index (χ1v) is 12.1. The fourth-order valence-electron chi connectivity index (χ4n) is 5.17. The average Bonchev–Trinajstić information content (AvgIpc) is 3.33. The van der Waals surface area contributed by atoms with Gasteiger partial charge in [-0.15, -0.1) is 0 Å². The molecule has 1 spiro atoms. The van der Waals surface area contributed by atoms with Gasteiger partial charge in [-0.05, 0) is 54.7 Å². The zero-order chi connectivity index (χ0) is 26.3. The van der Waals surface area contributed by atoms with Crippen molar-refractivity contribution in [3.05, 3.63) is 65.0 Å². The van der Waals surface area contributed by atoms with Gasteiger partial charge in [0.1, 0.15) is 12.4 Å². The van der Waals surface area contributed by atoms with Gasteiger partial charge >= 0.3 is 12.1 Å². The van der Waals surface area contributed by atoms with E-state index in [0.717, 1.165) is 10.5 Å². The molecule has 2 fully saturated rings. The molecule has 0 aromatic heterocycles. The summed E-state index contributed by atoms with van der Waals surface area (Å²) in [6, 6.07) is 10.1. The van der Waals surface area contributed by atoms with Crippen molar-refractivity contribution in [1.29, 1.82) is 0 Å². The fraction of sp³-hybridized carbons (Fsp3) is 0.385. The van der Waals surface area contributed by atoms with Crippen molar-refractivity contribution in [2.75, 3.05) is 18.9 Å². The van der Waals surface area contributed by atoms with Crippen LogP contribution in [0.15, 0.2) is 42.5 Å². The lowest BCUT2D eigenvalue weighted by molar-refractivity contribution is -0.145. The summed E-state index contributed by atoms with van der Waals surface area (Å²) in [4.78, 5) is 53.7. The Labute approximate surface area is 212 Å². The molecule has 2 aromatic carbocycles. The van der Waals surface area contributed by atoms with E-state index in [0.29, 0.717) is 36.1 Å². The number of aliphatic hydroxyl groups excluding tert-OH is 1. The van der Waals surface area contributed by atoms with Crippen molar-refractivity contribution >= 4 is 29.6 Å². The number of carbonyl (C=O) groups excluding carboxylic acids is 4. The summed E-state index contributed by atoms with van der Waals surface area (Å²) in [5.41, 5.74) is 1.03. The first-order valence-electron chi connectivity index (χ1n) is 12.1. The molecule has 37 heavy (non-hydrogen) atoms. The van der Waals surface area contributed by atoms with Crippen LogP contribution in [0.3, 0.4) is 0 Å². The van der Waals surface area contributed by atoms with Crippen LogP contribution in [0.4, 0.5) is 19.7 Å². The maximum absolute atomic E-state index is 13.5. The lowest BCUT2D eigenvalue weighted by Gasteiger charge is -2.41. The highest BCUT2D eigenvalue weighted by Crippen LogP contribution is 2.46. The maximum Gasteiger partial charge on any atom is 0.418 e. The number of aliphatic hydroxyl groups is 1. The first kappa shape index (κ1) is 24.7. The largest absolute Gasteiger partial charge is 0.427 e. The number of nitrogens with one attached hydrogen (secondary N) is 2. The third-order valence-corrected chi connectivity index (χ3v) is 7.25. The van der Waals surface area contributed by atoms with Gasteiger partial charge in [-0.25, -0.2) is 18.9 Å². The van der Waals surface area contributed by atoms with E-state index >= 15 is 0 Å². The summed E-state index contributed by atoms with van der Waals surface area (Å²) in [5, 5.41) is 14.9. The highest BCUT2D eigenvalue weighted by atomic mass is 19.1. The van der Waals surface area contributed by atoms with E-state index in [4.69, 9.17) is 4.74 Å². The van der Waals surface area contributed by atoms with Crippen LogP contribution in [-0.4, -0.2) is 64.6 Å². The summed E-state index contributed by atoms with van der Waals surface area (Å²) in [7, 11) is 1.50. The molecule has 1 heterocycles. The van der Waals surface area contributed by atoms with Crippen LogP contribution in [0.2, 0.25) is 0 Å². The number of fused-ring (bicyclic) bond motifs is 2. The number of hydrogen-bond acceptors (Lipinski definition) is 6. The number of ether oxygens (including phenoxy) is 1. The molecule has 194 valence electrons. The number of benzene rings is 2. The summed E-state index contributed by atoms with van der Waals surface area (Å²) < 4.78 is 19.0. The smallest absolute Gasteiger partial charge is 0.418 e. The molecule has 1 saturated heterocycles. The van der Waals surface area contributed by atoms with Gasteiger partial charge in [0, 0.05) is 37.3 Å². The summed E-state index contributed by atoms with van der Waals surface area (Å²) in [5.74, 6) is -1.47. The topological polar surface area (TPSA) is 128 Å². The van der Waals surface area contributed by atoms with Crippen LogP contribution >= 0.6 is 0 Å². The molecule has 5 amide bonds. The molecule has 10 nitrogen and oxygen atoms in total. The lowest BCUT2D eigenvalue weighted by atomic mass is 9.87. The molecule has 2 aromatic rings. The van der Waals surface area contributed by atoms with E-state index in [9.17, 15) is 28.7 Å². The molecule has 11 heteroatoms. The molecule has 0 unspecified atom stereocenters. The molecule has 1 atom stereocenters. The van der Waals surface area contributed by atoms with E-state index in [1.807, 2.05) is 0 Å². The van der Waals surface area contributed by atoms with Gasteiger partial charge in [-0.2, -0.15) is 0 Å². The van der Waals surface area contributed by atoms with Gasteiger partial charge in [-0.3, -0.25) is 9.59 Å². The Hall–Kier alpha value is -3.99. The minimum absolute atomic E-state index is 0.155. The molecule has 5 rings (SSSR count). The second-order valence-electron chi connectivity index (χ2n) is 9.59. The van der Waals surface area contributed by atoms with E-state index in [-0.39, 0.29) is 25.0 Å². The van der Waals surface area contributed by atoms with Crippen LogP contribution in [0.1, 0.15) is 36.0 Å². The van der Waals surface area contributed by atoms with Crippen LogP contribution in [0, 0.1) is 5.82 Å². The zero-order valence-corrected chi connectivity index (χ0v) is 20.2. The fourth-order valence-corrected chi connectivity index (χ4v) is 5.17. The highest BCUT2D eigenvalue weighted by Gasteiger charge is 2.58. The maximum atomic E-state index is 13.5. The number of anilines is 1. The highest BCUT2D eigenvalue weighted by molar-refractivity contribution is 6.06. The van der Waals surface area contributed by atoms with Crippen molar-refractivity contribution in [3.63, 3.8) is 0 Å². The Kier molecular flexibility index (Phi) is 6.32. The zero-order valence-electron chi connectivity index (χ0n) is 20.2. The average molecular weight is 511 g/mol. The summed E-state index contributed by atoms with van der Waals surface area (Å²) >= 11 is 0. The molecular weight excluding hydrogens is 483 g/mol. The Morgan fingerprint density at radius 1 is 1.19 bits per heavy atom. The number of imide groups is 1. The number of hydrogen-bond donors (Lipinski definition) is 3. The Morgan fingerprint density at radius 3 is 2.59 bits per heavy atom. The van der Waals surface area contributed by atoms with Gasteiger partial charge in [0.05, 0.1) is 6.10 Å². The monoisotopic (exact) mass is 510 g/mol. The molecule has 3 N–H and O–H groups in total. The SMILES string of the molecule is CNC(=O)Nc1ccc2c(c1)CC[C@@]21OC(=O)N(CC(=O)N(Cc2ccc(F)cc2)[C@H]2C[C@H](O)C2)C1=O. The van der Waals surface area contributed by atoms with Crippen molar-refractivity contribution in [3.8, 4) is 0 Å². The Bertz CT molecular complexity index is 1260. The number of nitrogens with zero attached hydrogens (tertiary/aromatic N) is 2. The quantitative estimate of drug-likeness (QED) is 0.547. The van der Waals surface area contributed by atoms with Crippen LogP contribution < -0.4 is 10.6 Å². The Morgan fingerprint density at radius 2 is 1.92 bits per heavy atom. The van der Waals surface area contributed by atoms with Crippen molar-refractivity contribution < 1.29 is 33.4 Å². The molecule has 1 aliphatic heterocycles. The van der Waals surface area contributed by atoms with Crippen LogP contribution in [0.5, 0.6) is 0 Å². The third kappa shape index (κ3) is 4.50. The van der Waals surface area contributed by atoms with Crippen molar-refractivity contribution in [2.24, 2.45) is 0 Å². The molecule has 0 radical (unpaired) electrons. The molecular formula is C26H27FN4O6. The van der Waals surface area contributed by atoms with E-state index in [1.165, 1.54) is 24.1 Å². The normalized spacial score (nSPS) is 23.9. The number of halogens is 1. The number of aryl methyl sites for hydroxylation is 1. The van der Waals surface area contributed by atoms with Gasteiger partial charge in [0.2, 0.25) is 11.5 Å². The minimum Gasteiger partial charge on any atom is -0.427 e. The number of carbonyl (C=O) groups is 4. The predicted octanol–water partition coefficient (Wildman–Crippen LogP) is 2.25. The van der Waals surface area contributed by atoms with E-state index in [2.05, 4.69) is 10.6 Å². The summed E-state index contributed by atoms with van der Waals surface area (Å²) in [6.45, 7) is -0.346. The van der Waals surface area contributed by atoms with Crippen molar-refractivity contribution in [1.82, 2.24) is 15.1 Å². The predicted molar refractivity (Wildman–Crippen MR) is 129 cm³/mol. The number of urea groups is 1. The van der Waals surface area contributed by atoms with Gasteiger partial charge in [0.25, 0.3) is 5.91 Å². The lowest BCUT2D eigenvalue weighted by Crippen LogP contribution is -2.53. The van der Waals surface area contributed by atoms with Crippen LogP contribution in [-0.2, 0) is 32.9 Å². The molecule has 2 aliphatic carbocycles. The van der Waals surface area contributed by atoms with Crippen molar-refractivity contribution in [2.45, 2.75) is 50.0 Å². The summed E-state index contributed by atoms with van der Waals surface area (Å²) in [6.07, 6.45) is 0.0390. The van der Waals surface area contributed by atoms with E-state index in [1.54, 1.807) is 30.3 Å². The molecule has 3 aliphatic rings. The standard InChI is InChI=1S/C26H27FN4O6/c1-28-24(35)29-18-6-7-21-16(10-18)8-9-26(21)23(34)31(25(36)37-26)14-22(33)30(19-11-20(32)12-19)13-15-2-4-17(27)5-3-15/h2-7,10,19-20,32H,8-9,11-14H2,1H3,(H2,28,29,35)/t19-,20-,26-/m1/s1. The number of rotatable bonds is 6. The Balaban J connectivity index is 1.34. The van der Waals surface area contributed by atoms with Gasteiger partial charge in [-0.1, -0.05) is 18.2 Å². The number of amides is 5. The van der Waals surface area contributed by atoms with Gasteiger partial charge < -0.3 is 25.4 Å². The molecule has 1 saturated carbocycles. The van der Waals surface area contributed by atoms with Gasteiger partial charge in [0.15, 0.2) is 0 Å². The minimum atomic E-state index is -1.51. The third-order valence-electron chi connectivity index (χ3n) is 7.25. The second-order valence-corrected chi connectivity index (χ2v) is 9.59.